The lowest BCUT2D eigenvalue weighted by Crippen LogP contribution is -2.11. The molecule has 2 aromatic heterocycles. The molecule has 4 nitrogen and oxygen atoms in total. The number of nitrogens with two attached hydrogens (primary N) is 1. The molecule has 0 aromatic carbocycles. The van der Waals surface area contributed by atoms with Gasteiger partial charge in [0, 0.05) is 7.05 Å². The van der Waals surface area contributed by atoms with E-state index in [1.807, 2.05) is 18.5 Å². The number of aromatic nitrogens is 3. The van der Waals surface area contributed by atoms with Crippen LogP contribution in [0.3, 0.4) is 0 Å². The topological polar surface area (TPSA) is 56.7 Å². The molecule has 0 unspecified atom stereocenters. The van der Waals surface area contributed by atoms with E-state index in [2.05, 4.69) is 10.2 Å². The molecule has 0 saturated carbocycles. The van der Waals surface area contributed by atoms with E-state index in [-0.39, 0.29) is 6.04 Å². The summed E-state index contributed by atoms with van der Waals surface area (Å²) in [4.78, 5) is 0.886. The number of thiophene rings is 1. The van der Waals surface area contributed by atoms with Gasteiger partial charge in [0.15, 0.2) is 5.82 Å². The molecule has 0 aliphatic carbocycles. The maximum Gasteiger partial charge on any atom is 0.173 e. The molecule has 2 aromatic rings. The van der Waals surface area contributed by atoms with Crippen LogP contribution in [0.4, 0.5) is 0 Å². The quantitative estimate of drug-likeness (QED) is 0.918. The molecule has 1 atom stereocenters. The first-order valence-electron chi connectivity index (χ1n) is 4.60. The van der Waals surface area contributed by atoms with Gasteiger partial charge in [-0.2, -0.15) is 0 Å². The molecule has 86 valence electrons. The lowest BCUT2D eigenvalue weighted by atomic mass is 10.3. The minimum absolute atomic E-state index is 0.155. The van der Waals surface area contributed by atoms with Gasteiger partial charge >= 0.3 is 0 Å². The highest BCUT2D eigenvalue weighted by molar-refractivity contribution is 7.20. The predicted molar refractivity (Wildman–Crippen MR) is 66.9 cm³/mol. The maximum atomic E-state index is 5.91. The molecule has 2 N–H and O–H groups in total. The van der Waals surface area contributed by atoms with Gasteiger partial charge in [0.25, 0.3) is 0 Å². The average molecular weight is 277 g/mol. The highest BCUT2D eigenvalue weighted by Gasteiger charge is 2.16. The van der Waals surface area contributed by atoms with Crippen molar-refractivity contribution in [3.63, 3.8) is 0 Å². The minimum atomic E-state index is -0.155. The number of hydrogen-bond acceptors (Lipinski definition) is 4. The second-order valence-electron chi connectivity index (χ2n) is 3.46. The summed E-state index contributed by atoms with van der Waals surface area (Å²) in [5.74, 6) is 1.46. The highest BCUT2D eigenvalue weighted by atomic mass is 35.5. The molecule has 0 radical (unpaired) electrons. The molecule has 0 fully saturated rings. The Balaban J connectivity index is 2.49. The van der Waals surface area contributed by atoms with Crippen LogP contribution in [0.2, 0.25) is 9.36 Å². The third kappa shape index (κ3) is 1.96. The fourth-order valence-corrected chi connectivity index (χ4v) is 2.80. The van der Waals surface area contributed by atoms with Gasteiger partial charge in [-0.05, 0) is 13.0 Å². The second-order valence-corrected chi connectivity index (χ2v) is 5.52. The van der Waals surface area contributed by atoms with Gasteiger partial charge in [0.05, 0.1) is 15.9 Å². The maximum absolute atomic E-state index is 5.91. The van der Waals surface area contributed by atoms with Gasteiger partial charge in [-0.25, -0.2) is 0 Å². The Kier molecular flexibility index (Phi) is 3.21. The van der Waals surface area contributed by atoms with Crippen molar-refractivity contribution >= 4 is 34.5 Å². The lowest BCUT2D eigenvalue weighted by molar-refractivity contribution is 0.686. The number of halogens is 2. The van der Waals surface area contributed by atoms with Gasteiger partial charge in [0.1, 0.15) is 10.2 Å². The number of rotatable bonds is 2. The molecule has 2 rings (SSSR count). The van der Waals surface area contributed by atoms with Crippen molar-refractivity contribution in [2.75, 3.05) is 0 Å². The van der Waals surface area contributed by atoms with Gasteiger partial charge in [-0.3, -0.25) is 0 Å². The highest BCUT2D eigenvalue weighted by Crippen LogP contribution is 2.37. The van der Waals surface area contributed by atoms with Crippen molar-refractivity contribution in [3.05, 3.63) is 21.2 Å². The van der Waals surface area contributed by atoms with Crippen LogP contribution in [-0.2, 0) is 7.05 Å². The van der Waals surface area contributed by atoms with Crippen LogP contribution in [0.15, 0.2) is 6.07 Å². The van der Waals surface area contributed by atoms with Crippen LogP contribution in [0.25, 0.3) is 10.7 Å². The second kappa shape index (κ2) is 4.33. The fourth-order valence-electron chi connectivity index (χ4n) is 1.41. The zero-order valence-electron chi connectivity index (χ0n) is 8.74. The van der Waals surface area contributed by atoms with E-state index in [9.17, 15) is 0 Å². The first-order chi connectivity index (χ1) is 7.50. The van der Waals surface area contributed by atoms with E-state index >= 15 is 0 Å². The molecular weight excluding hydrogens is 267 g/mol. The number of nitrogens with zero attached hydrogens (tertiary/aromatic N) is 3. The summed E-state index contributed by atoms with van der Waals surface area (Å²) < 4.78 is 2.41. The largest absolute Gasteiger partial charge is 0.322 e. The number of hydrogen-bond donors (Lipinski definition) is 1. The summed E-state index contributed by atoms with van der Waals surface area (Å²) in [6.07, 6.45) is 0. The third-order valence-corrected chi connectivity index (χ3v) is 4.04. The minimum Gasteiger partial charge on any atom is -0.322 e. The summed E-state index contributed by atoms with van der Waals surface area (Å²) in [5, 5.41) is 8.66. The zero-order chi connectivity index (χ0) is 11.9. The molecule has 0 aliphatic rings. The van der Waals surface area contributed by atoms with Crippen molar-refractivity contribution in [1.29, 1.82) is 0 Å². The Morgan fingerprint density at radius 1 is 1.44 bits per heavy atom. The third-order valence-electron chi connectivity index (χ3n) is 2.18. The van der Waals surface area contributed by atoms with Crippen LogP contribution < -0.4 is 5.73 Å². The van der Waals surface area contributed by atoms with Crippen LogP contribution in [0.1, 0.15) is 18.8 Å². The van der Waals surface area contributed by atoms with Gasteiger partial charge in [-0.1, -0.05) is 23.2 Å². The first-order valence-corrected chi connectivity index (χ1v) is 6.18. The van der Waals surface area contributed by atoms with Crippen molar-refractivity contribution in [2.24, 2.45) is 12.8 Å². The van der Waals surface area contributed by atoms with E-state index in [4.69, 9.17) is 28.9 Å². The summed E-state index contributed by atoms with van der Waals surface area (Å²) in [5.41, 5.74) is 5.77. The Morgan fingerprint density at radius 3 is 2.56 bits per heavy atom. The molecule has 0 spiro atoms. The van der Waals surface area contributed by atoms with Crippen molar-refractivity contribution in [3.8, 4) is 10.7 Å². The Hall–Kier alpha value is -0.620. The van der Waals surface area contributed by atoms with Crippen LogP contribution in [0, 0.1) is 0 Å². The van der Waals surface area contributed by atoms with Crippen molar-refractivity contribution in [1.82, 2.24) is 14.8 Å². The molecule has 7 heteroatoms. The molecule has 0 amide bonds. The monoisotopic (exact) mass is 276 g/mol. The Morgan fingerprint density at radius 2 is 2.12 bits per heavy atom. The zero-order valence-corrected chi connectivity index (χ0v) is 11.1. The molecule has 0 bridgehead atoms. The van der Waals surface area contributed by atoms with Crippen LogP contribution in [-0.4, -0.2) is 14.8 Å². The van der Waals surface area contributed by atoms with Gasteiger partial charge in [0.2, 0.25) is 0 Å². The van der Waals surface area contributed by atoms with Crippen LogP contribution in [0.5, 0.6) is 0 Å². The fraction of sp³-hybridized carbons (Fsp3) is 0.333. The predicted octanol–water partition coefficient (Wildman–Crippen LogP) is 2.87. The summed E-state index contributed by atoms with van der Waals surface area (Å²) in [6.45, 7) is 1.86. The summed E-state index contributed by atoms with van der Waals surface area (Å²) in [7, 11) is 1.87. The van der Waals surface area contributed by atoms with Crippen LogP contribution >= 0.6 is 34.5 Å². The standard InChI is InChI=1S/C9H10Cl2N4S/c1-4(12)8-13-14-9(15(8)2)6-3-5(10)7(11)16-6/h3-4H,12H2,1-2H3/t4-/m1/s1. The van der Waals surface area contributed by atoms with E-state index < -0.39 is 0 Å². The van der Waals surface area contributed by atoms with E-state index in [0.29, 0.717) is 9.36 Å². The molecule has 16 heavy (non-hydrogen) atoms. The molecule has 0 aliphatic heterocycles. The van der Waals surface area contributed by atoms with E-state index in [0.717, 1.165) is 16.5 Å². The van der Waals surface area contributed by atoms with Gasteiger partial charge in [-0.15, -0.1) is 21.5 Å². The van der Waals surface area contributed by atoms with E-state index in [1.165, 1.54) is 11.3 Å². The lowest BCUT2D eigenvalue weighted by Gasteiger charge is -2.04. The summed E-state index contributed by atoms with van der Waals surface area (Å²) in [6, 6.07) is 1.63. The Labute approximate surface area is 107 Å². The molecule has 2 heterocycles. The first kappa shape index (κ1) is 11.9. The van der Waals surface area contributed by atoms with E-state index in [1.54, 1.807) is 6.07 Å². The SMILES string of the molecule is C[C@@H](N)c1nnc(-c2cc(Cl)c(Cl)s2)n1C. The summed E-state index contributed by atoms with van der Waals surface area (Å²) >= 11 is 13.2. The average Bonchev–Trinajstić information content (AvgIpc) is 2.71. The normalized spacial score (nSPS) is 13.1. The molecular formula is C9H10Cl2N4S. The molecule has 0 saturated heterocycles. The smallest absolute Gasteiger partial charge is 0.173 e. The van der Waals surface area contributed by atoms with Crippen molar-refractivity contribution in [2.45, 2.75) is 13.0 Å². The Bertz CT molecular complexity index is 498. The van der Waals surface area contributed by atoms with Crippen molar-refractivity contribution < 1.29 is 0 Å². The van der Waals surface area contributed by atoms with Gasteiger partial charge < -0.3 is 10.3 Å².